The number of rotatable bonds is 16. The molecule has 1 heterocycles. The molecule has 0 aliphatic heterocycles. The molecule has 2 rings (SSSR count). The van der Waals surface area contributed by atoms with Gasteiger partial charge in [-0.2, -0.15) is 0 Å². The Morgan fingerprint density at radius 1 is 1.00 bits per heavy atom. The molecule has 0 saturated heterocycles. The molecule has 1 aromatic rings. The van der Waals surface area contributed by atoms with Crippen LogP contribution in [0.3, 0.4) is 0 Å². The third kappa shape index (κ3) is 11.0. The van der Waals surface area contributed by atoms with Crippen LogP contribution in [0.1, 0.15) is 83.0 Å². The monoisotopic (exact) mass is 500 g/mol. The Morgan fingerprint density at radius 2 is 1.58 bits per heavy atom. The predicted octanol–water partition coefficient (Wildman–Crippen LogP) is 5.17. The molecule has 1 aliphatic carbocycles. The number of ether oxygens (including phenoxy) is 2. The molecule has 1 fully saturated rings. The van der Waals surface area contributed by atoms with E-state index in [1.165, 1.54) is 57.8 Å². The molecule has 7 heteroatoms. The van der Waals surface area contributed by atoms with Crippen LogP contribution in [-0.4, -0.2) is 46.8 Å². The highest BCUT2D eigenvalue weighted by molar-refractivity contribution is 5.88. The summed E-state index contributed by atoms with van der Waals surface area (Å²) in [6.45, 7) is 10.4. The summed E-state index contributed by atoms with van der Waals surface area (Å²) in [7, 11) is 0. The standard InChI is InChI=1S/C29H44N2O5/c1-5-6-7-8-23-9-11-24(12-10-23)13-14-25-16-30-27(31-17-25)15-26(19-35-28(33)21(2)3)20-36-29(34)22(4)18-32/h16-17,23-24,26,32H,2,4-15,18-20H2,1,3H3. The zero-order chi connectivity index (χ0) is 26.3. The number of carbonyl (C=O) groups is 2. The molecule has 1 aliphatic rings. The Kier molecular flexibility index (Phi) is 13.4. The summed E-state index contributed by atoms with van der Waals surface area (Å²) >= 11 is 0. The molecular weight excluding hydrogens is 456 g/mol. The number of nitrogens with zero attached hydrogens (tertiary/aromatic N) is 2. The van der Waals surface area contributed by atoms with E-state index in [9.17, 15) is 9.59 Å². The van der Waals surface area contributed by atoms with Crippen LogP contribution in [0.25, 0.3) is 0 Å². The van der Waals surface area contributed by atoms with Gasteiger partial charge in [-0.3, -0.25) is 0 Å². The molecule has 0 bridgehead atoms. The van der Waals surface area contributed by atoms with Gasteiger partial charge in [0.1, 0.15) is 5.82 Å². The molecular formula is C29H44N2O5. The van der Waals surface area contributed by atoms with Gasteiger partial charge in [-0.1, -0.05) is 71.4 Å². The average Bonchev–Trinajstić information content (AvgIpc) is 2.89. The highest BCUT2D eigenvalue weighted by atomic mass is 16.5. The normalized spacial score (nSPS) is 18.3. The molecule has 1 atom stereocenters. The van der Waals surface area contributed by atoms with Gasteiger partial charge in [0.25, 0.3) is 0 Å². The number of aliphatic hydroxyl groups is 1. The maximum Gasteiger partial charge on any atom is 0.335 e. The summed E-state index contributed by atoms with van der Waals surface area (Å²) in [5.74, 6) is 0.807. The largest absolute Gasteiger partial charge is 0.462 e. The van der Waals surface area contributed by atoms with Gasteiger partial charge in [-0.05, 0) is 37.2 Å². The van der Waals surface area contributed by atoms with E-state index in [1.54, 1.807) is 6.92 Å². The fourth-order valence-corrected chi connectivity index (χ4v) is 4.58. The number of aromatic nitrogens is 2. The van der Waals surface area contributed by atoms with Gasteiger partial charge in [0.2, 0.25) is 0 Å². The Hall–Kier alpha value is -2.54. The second-order valence-electron chi connectivity index (χ2n) is 10.2. The number of carbonyl (C=O) groups excluding carboxylic acids is 2. The molecule has 36 heavy (non-hydrogen) atoms. The van der Waals surface area contributed by atoms with Crippen LogP contribution in [0.15, 0.2) is 36.7 Å². The van der Waals surface area contributed by atoms with E-state index in [-0.39, 0.29) is 24.7 Å². The van der Waals surface area contributed by atoms with Crippen molar-refractivity contribution in [2.24, 2.45) is 17.8 Å². The quantitative estimate of drug-likeness (QED) is 0.190. The summed E-state index contributed by atoms with van der Waals surface area (Å²) in [5.41, 5.74) is 1.39. The number of hydrogen-bond acceptors (Lipinski definition) is 7. The van der Waals surface area contributed by atoms with Crippen LogP contribution >= 0.6 is 0 Å². The van der Waals surface area contributed by atoms with Crippen LogP contribution in [0.4, 0.5) is 0 Å². The maximum atomic E-state index is 11.9. The minimum atomic E-state index is -0.681. The lowest BCUT2D eigenvalue weighted by molar-refractivity contribution is -0.144. The summed E-state index contributed by atoms with van der Waals surface area (Å²) in [6, 6.07) is 0. The van der Waals surface area contributed by atoms with Crippen LogP contribution in [0, 0.1) is 17.8 Å². The van der Waals surface area contributed by atoms with Gasteiger partial charge < -0.3 is 14.6 Å². The van der Waals surface area contributed by atoms with E-state index >= 15 is 0 Å². The molecule has 1 aromatic heterocycles. The zero-order valence-corrected chi connectivity index (χ0v) is 22.2. The number of aliphatic hydroxyl groups excluding tert-OH is 1. The first-order valence-corrected chi connectivity index (χ1v) is 13.4. The number of hydrogen-bond donors (Lipinski definition) is 1. The Balaban J connectivity index is 1.82. The van der Waals surface area contributed by atoms with Gasteiger partial charge >= 0.3 is 11.9 Å². The Bertz CT molecular complexity index is 844. The Morgan fingerprint density at radius 3 is 2.14 bits per heavy atom. The number of unbranched alkanes of at least 4 members (excludes halogenated alkanes) is 2. The lowest BCUT2D eigenvalue weighted by atomic mass is 9.78. The minimum Gasteiger partial charge on any atom is -0.462 e. The first-order valence-electron chi connectivity index (χ1n) is 13.4. The van der Waals surface area contributed by atoms with E-state index in [2.05, 4.69) is 30.0 Å². The highest BCUT2D eigenvalue weighted by Gasteiger charge is 2.21. The molecule has 7 nitrogen and oxygen atoms in total. The van der Waals surface area contributed by atoms with Crippen molar-refractivity contribution in [1.82, 2.24) is 9.97 Å². The lowest BCUT2D eigenvalue weighted by Crippen LogP contribution is -2.24. The van der Waals surface area contributed by atoms with Crippen molar-refractivity contribution in [3.05, 3.63) is 48.1 Å². The summed E-state index contributed by atoms with van der Waals surface area (Å²) in [5, 5.41) is 9.05. The Labute approximate surface area is 216 Å². The van der Waals surface area contributed by atoms with Crippen molar-refractivity contribution in [3.63, 3.8) is 0 Å². The van der Waals surface area contributed by atoms with Gasteiger partial charge in [0.15, 0.2) is 0 Å². The van der Waals surface area contributed by atoms with E-state index in [1.807, 2.05) is 12.4 Å². The van der Waals surface area contributed by atoms with Gasteiger partial charge in [-0.15, -0.1) is 0 Å². The van der Waals surface area contributed by atoms with Crippen molar-refractivity contribution in [1.29, 1.82) is 0 Å². The van der Waals surface area contributed by atoms with Crippen molar-refractivity contribution in [2.45, 2.75) is 84.5 Å². The van der Waals surface area contributed by atoms with E-state index in [0.717, 1.165) is 23.8 Å². The van der Waals surface area contributed by atoms with Crippen LogP contribution in [0.2, 0.25) is 0 Å². The van der Waals surface area contributed by atoms with Crippen molar-refractivity contribution in [3.8, 4) is 0 Å². The number of aryl methyl sites for hydroxylation is 1. The predicted molar refractivity (Wildman–Crippen MR) is 140 cm³/mol. The second kappa shape index (κ2) is 16.3. The van der Waals surface area contributed by atoms with Gasteiger partial charge in [-0.25, -0.2) is 19.6 Å². The molecule has 0 spiro atoms. The second-order valence-corrected chi connectivity index (χ2v) is 10.2. The first-order chi connectivity index (χ1) is 17.3. The van der Waals surface area contributed by atoms with Gasteiger partial charge in [0, 0.05) is 30.3 Å². The number of esters is 2. The average molecular weight is 501 g/mol. The first kappa shape index (κ1) is 29.7. The summed E-state index contributed by atoms with van der Waals surface area (Å²) in [4.78, 5) is 32.7. The molecule has 0 radical (unpaired) electrons. The molecule has 1 unspecified atom stereocenters. The van der Waals surface area contributed by atoms with Gasteiger partial charge in [0.05, 0.1) is 25.4 Å². The van der Waals surface area contributed by atoms with E-state index in [4.69, 9.17) is 14.6 Å². The summed E-state index contributed by atoms with van der Waals surface area (Å²) in [6.07, 6.45) is 17.1. The van der Waals surface area contributed by atoms with Crippen molar-refractivity contribution >= 4 is 11.9 Å². The fraction of sp³-hybridized carbons (Fsp3) is 0.655. The third-order valence-corrected chi connectivity index (χ3v) is 6.98. The molecule has 0 aromatic carbocycles. The molecule has 1 saturated carbocycles. The van der Waals surface area contributed by atoms with E-state index in [0.29, 0.717) is 17.8 Å². The molecule has 200 valence electrons. The topological polar surface area (TPSA) is 98.6 Å². The lowest BCUT2D eigenvalue weighted by Gasteiger charge is -2.28. The fourth-order valence-electron chi connectivity index (χ4n) is 4.58. The van der Waals surface area contributed by atoms with E-state index < -0.39 is 18.5 Å². The molecule has 0 amide bonds. The smallest absolute Gasteiger partial charge is 0.335 e. The highest BCUT2D eigenvalue weighted by Crippen LogP contribution is 2.34. The molecule has 1 N–H and O–H groups in total. The van der Waals surface area contributed by atoms with Crippen molar-refractivity contribution < 1.29 is 24.2 Å². The summed E-state index contributed by atoms with van der Waals surface area (Å²) < 4.78 is 10.5. The SMILES string of the molecule is C=C(C)C(=O)OCC(COC(=O)C(=C)CO)Cc1ncc(CCC2CCC(CCCCC)CC2)cn1. The van der Waals surface area contributed by atoms with Crippen molar-refractivity contribution in [2.75, 3.05) is 19.8 Å². The minimum absolute atomic E-state index is 0.00640. The van der Waals surface area contributed by atoms with Crippen LogP contribution < -0.4 is 0 Å². The van der Waals surface area contributed by atoms with Crippen LogP contribution in [0.5, 0.6) is 0 Å². The maximum absolute atomic E-state index is 11.9. The zero-order valence-electron chi connectivity index (χ0n) is 22.2. The van der Waals surface area contributed by atoms with Crippen LogP contribution in [-0.2, 0) is 31.9 Å². The third-order valence-electron chi connectivity index (χ3n) is 6.98.